The molecular weight excluding hydrogens is 168 g/mol. The highest BCUT2D eigenvalue weighted by Crippen LogP contribution is 2.08. The highest BCUT2D eigenvalue weighted by Gasteiger charge is 2.21. The largest absolute Gasteiger partial charge is 0.379 e. The molecule has 78 valence electrons. The summed E-state index contributed by atoms with van der Waals surface area (Å²) in [6.45, 7) is 8.24. The standard InChI is InChI=1S/C10H20O3/c1-9(2)3-4-11-5-6-12-7-10-8-13-10/h9-10H,3-8H2,1-2H3. The van der Waals surface area contributed by atoms with Crippen LogP contribution < -0.4 is 0 Å². The molecule has 0 aromatic rings. The van der Waals surface area contributed by atoms with E-state index in [1.807, 2.05) is 0 Å². The minimum atomic E-state index is 0.371. The van der Waals surface area contributed by atoms with Crippen LogP contribution >= 0.6 is 0 Å². The Bertz CT molecular complexity index is 115. The number of epoxide rings is 1. The van der Waals surface area contributed by atoms with Crippen LogP contribution in [0, 0.1) is 5.92 Å². The molecule has 1 rings (SSSR count). The first-order chi connectivity index (χ1) is 6.29. The Kier molecular flexibility index (Phi) is 5.35. The number of rotatable bonds is 8. The molecule has 1 unspecified atom stereocenters. The van der Waals surface area contributed by atoms with Crippen molar-refractivity contribution in [2.75, 3.05) is 33.0 Å². The summed E-state index contributed by atoms with van der Waals surface area (Å²) in [4.78, 5) is 0. The average molecular weight is 188 g/mol. The lowest BCUT2D eigenvalue weighted by molar-refractivity contribution is 0.0385. The van der Waals surface area contributed by atoms with E-state index in [0.29, 0.717) is 19.3 Å². The van der Waals surface area contributed by atoms with Crippen molar-refractivity contribution in [1.29, 1.82) is 0 Å². The fourth-order valence-electron chi connectivity index (χ4n) is 0.918. The second kappa shape index (κ2) is 6.35. The fourth-order valence-corrected chi connectivity index (χ4v) is 0.918. The summed E-state index contributed by atoms with van der Waals surface area (Å²) in [5.74, 6) is 0.723. The van der Waals surface area contributed by atoms with E-state index >= 15 is 0 Å². The Balaban J connectivity index is 1.68. The number of ether oxygens (including phenoxy) is 3. The van der Waals surface area contributed by atoms with E-state index in [0.717, 1.165) is 32.2 Å². The number of hydrogen-bond acceptors (Lipinski definition) is 3. The zero-order valence-electron chi connectivity index (χ0n) is 8.62. The molecule has 13 heavy (non-hydrogen) atoms. The van der Waals surface area contributed by atoms with Gasteiger partial charge in [-0.1, -0.05) is 13.8 Å². The molecule has 0 N–H and O–H groups in total. The van der Waals surface area contributed by atoms with Gasteiger partial charge >= 0.3 is 0 Å². The first-order valence-electron chi connectivity index (χ1n) is 5.06. The Morgan fingerprint density at radius 3 is 2.54 bits per heavy atom. The van der Waals surface area contributed by atoms with Crippen molar-refractivity contribution in [1.82, 2.24) is 0 Å². The lowest BCUT2D eigenvalue weighted by atomic mass is 10.1. The van der Waals surface area contributed by atoms with Gasteiger partial charge in [-0.25, -0.2) is 0 Å². The van der Waals surface area contributed by atoms with E-state index in [9.17, 15) is 0 Å². The quantitative estimate of drug-likeness (QED) is 0.427. The van der Waals surface area contributed by atoms with Crippen molar-refractivity contribution in [3.63, 3.8) is 0 Å². The van der Waals surface area contributed by atoms with Crippen molar-refractivity contribution in [3.05, 3.63) is 0 Å². The predicted molar refractivity (Wildman–Crippen MR) is 50.8 cm³/mol. The van der Waals surface area contributed by atoms with Crippen LogP contribution in [-0.2, 0) is 14.2 Å². The summed E-state index contributed by atoms with van der Waals surface area (Å²) < 4.78 is 15.7. The molecule has 0 amide bonds. The monoisotopic (exact) mass is 188 g/mol. The maximum absolute atomic E-state index is 5.38. The molecule has 1 aliphatic heterocycles. The van der Waals surface area contributed by atoms with Crippen molar-refractivity contribution in [3.8, 4) is 0 Å². The smallest absolute Gasteiger partial charge is 0.104 e. The third kappa shape index (κ3) is 6.99. The van der Waals surface area contributed by atoms with Crippen LogP contribution in [0.4, 0.5) is 0 Å². The molecule has 0 aromatic carbocycles. The third-order valence-electron chi connectivity index (χ3n) is 1.92. The van der Waals surface area contributed by atoms with Gasteiger partial charge in [-0.2, -0.15) is 0 Å². The van der Waals surface area contributed by atoms with Gasteiger partial charge in [-0.05, 0) is 12.3 Å². The van der Waals surface area contributed by atoms with Crippen LogP contribution in [0.3, 0.4) is 0 Å². The predicted octanol–water partition coefficient (Wildman–Crippen LogP) is 1.46. The molecule has 1 aliphatic rings. The normalized spacial score (nSPS) is 21.0. The van der Waals surface area contributed by atoms with Gasteiger partial charge in [0.1, 0.15) is 6.10 Å². The van der Waals surface area contributed by atoms with Crippen molar-refractivity contribution < 1.29 is 14.2 Å². The zero-order chi connectivity index (χ0) is 9.52. The lowest BCUT2D eigenvalue weighted by Gasteiger charge is -2.06. The fraction of sp³-hybridized carbons (Fsp3) is 1.00. The maximum atomic E-state index is 5.38. The molecule has 0 aliphatic carbocycles. The second-order valence-corrected chi connectivity index (χ2v) is 3.83. The van der Waals surface area contributed by atoms with E-state index in [1.54, 1.807) is 0 Å². The third-order valence-corrected chi connectivity index (χ3v) is 1.92. The van der Waals surface area contributed by atoms with Gasteiger partial charge in [0.15, 0.2) is 0 Å². The Morgan fingerprint density at radius 2 is 1.92 bits per heavy atom. The molecule has 1 fully saturated rings. The zero-order valence-corrected chi connectivity index (χ0v) is 8.62. The summed E-state index contributed by atoms with van der Waals surface area (Å²) in [5.41, 5.74) is 0. The van der Waals surface area contributed by atoms with Crippen LogP contribution in [0.5, 0.6) is 0 Å². The highest BCUT2D eigenvalue weighted by molar-refractivity contribution is 4.66. The van der Waals surface area contributed by atoms with E-state index < -0.39 is 0 Å². The summed E-state index contributed by atoms with van der Waals surface area (Å²) in [7, 11) is 0. The molecule has 3 heteroatoms. The highest BCUT2D eigenvalue weighted by atomic mass is 16.6. The van der Waals surface area contributed by atoms with Gasteiger partial charge in [-0.15, -0.1) is 0 Å². The Morgan fingerprint density at radius 1 is 1.23 bits per heavy atom. The van der Waals surface area contributed by atoms with E-state index in [1.165, 1.54) is 0 Å². The molecular formula is C10H20O3. The van der Waals surface area contributed by atoms with Gasteiger partial charge in [-0.3, -0.25) is 0 Å². The first kappa shape index (κ1) is 11.0. The van der Waals surface area contributed by atoms with Gasteiger partial charge < -0.3 is 14.2 Å². The molecule has 1 saturated heterocycles. The SMILES string of the molecule is CC(C)CCOCCOCC1CO1. The molecule has 0 radical (unpaired) electrons. The minimum Gasteiger partial charge on any atom is -0.379 e. The summed E-state index contributed by atoms with van der Waals surface area (Å²) in [6.07, 6.45) is 1.50. The van der Waals surface area contributed by atoms with E-state index in [2.05, 4.69) is 13.8 Å². The maximum Gasteiger partial charge on any atom is 0.104 e. The molecule has 3 nitrogen and oxygen atoms in total. The Hall–Kier alpha value is -0.120. The summed E-state index contributed by atoms with van der Waals surface area (Å²) in [5, 5.41) is 0. The molecule has 0 spiro atoms. The molecule has 0 aromatic heterocycles. The second-order valence-electron chi connectivity index (χ2n) is 3.83. The van der Waals surface area contributed by atoms with Crippen LogP contribution in [0.15, 0.2) is 0 Å². The minimum absolute atomic E-state index is 0.371. The molecule has 1 atom stereocenters. The van der Waals surface area contributed by atoms with Crippen LogP contribution in [0.2, 0.25) is 0 Å². The van der Waals surface area contributed by atoms with Crippen LogP contribution in [0.25, 0.3) is 0 Å². The van der Waals surface area contributed by atoms with Crippen LogP contribution in [-0.4, -0.2) is 39.1 Å². The lowest BCUT2D eigenvalue weighted by Crippen LogP contribution is -2.09. The van der Waals surface area contributed by atoms with Gasteiger partial charge in [0, 0.05) is 6.61 Å². The molecule has 0 bridgehead atoms. The summed E-state index contributed by atoms with van der Waals surface area (Å²) >= 11 is 0. The molecule has 1 heterocycles. The average Bonchev–Trinajstić information content (AvgIpc) is 2.86. The van der Waals surface area contributed by atoms with Gasteiger partial charge in [0.25, 0.3) is 0 Å². The van der Waals surface area contributed by atoms with Crippen molar-refractivity contribution >= 4 is 0 Å². The molecule has 0 saturated carbocycles. The van der Waals surface area contributed by atoms with Crippen LogP contribution in [0.1, 0.15) is 20.3 Å². The number of hydrogen-bond donors (Lipinski definition) is 0. The van der Waals surface area contributed by atoms with E-state index in [-0.39, 0.29) is 0 Å². The van der Waals surface area contributed by atoms with Gasteiger partial charge in [0.2, 0.25) is 0 Å². The first-order valence-corrected chi connectivity index (χ1v) is 5.06. The van der Waals surface area contributed by atoms with Crippen molar-refractivity contribution in [2.45, 2.75) is 26.4 Å². The Labute approximate surface area is 80.4 Å². The topological polar surface area (TPSA) is 31.0 Å². The van der Waals surface area contributed by atoms with Crippen molar-refractivity contribution in [2.24, 2.45) is 5.92 Å². The van der Waals surface area contributed by atoms with E-state index in [4.69, 9.17) is 14.2 Å². The van der Waals surface area contributed by atoms with Gasteiger partial charge in [0.05, 0.1) is 26.4 Å². The summed E-state index contributed by atoms with van der Waals surface area (Å²) in [6, 6.07) is 0.